The van der Waals surface area contributed by atoms with Gasteiger partial charge in [0.2, 0.25) is 0 Å². The molecular weight excluding hydrogens is 394 g/mol. The molecule has 0 radical (unpaired) electrons. The summed E-state index contributed by atoms with van der Waals surface area (Å²) in [4.78, 5) is 17.8. The standard InChI is InChI=1S/C18H21ClF2N4O3/c1-18(2,3)28-17(26)24-5-4-12(10-24)25-9-11(7-23-25)13-8-22-15(19)6-14(13)27-16(20)21/h6-9,12,16H,4-5,10H2,1-3H3. The van der Waals surface area contributed by atoms with Crippen molar-refractivity contribution in [3.63, 3.8) is 0 Å². The molecule has 3 rings (SSSR count). The largest absolute Gasteiger partial charge is 0.444 e. The van der Waals surface area contributed by atoms with E-state index in [0.717, 1.165) is 0 Å². The van der Waals surface area contributed by atoms with Crippen LogP contribution in [0, 0.1) is 0 Å². The van der Waals surface area contributed by atoms with Gasteiger partial charge in [-0.2, -0.15) is 13.9 Å². The molecule has 0 aromatic carbocycles. The maximum Gasteiger partial charge on any atom is 0.410 e. The van der Waals surface area contributed by atoms with Crippen LogP contribution in [0.2, 0.25) is 5.15 Å². The second kappa shape index (κ2) is 7.90. The summed E-state index contributed by atoms with van der Waals surface area (Å²) in [5.41, 5.74) is 0.366. The van der Waals surface area contributed by atoms with Gasteiger partial charge in [-0.05, 0) is 27.2 Å². The van der Waals surface area contributed by atoms with Crippen LogP contribution in [0.1, 0.15) is 33.2 Å². The zero-order valence-corrected chi connectivity index (χ0v) is 16.5. The summed E-state index contributed by atoms with van der Waals surface area (Å²) in [6, 6.07) is 1.20. The van der Waals surface area contributed by atoms with Crippen molar-refractivity contribution in [2.24, 2.45) is 0 Å². The van der Waals surface area contributed by atoms with E-state index in [4.69, 9.17) is 16.3 Å². The predicted molar refractivity (Wildman–Crippen MR) is 98.6 cm³/mol. The number of carbonyl (C=O) groups is 1. The van der Waals surface area contributed by atoms with Crippen LogP contribution < -0.4 is 4.74 Å². The molecule has 1 aliphatic heterocycles. The van der Waals surface area contributed by atoms with E-state index in [1.54, 1.807) is 22.0 Å². The van der Waals surface area contributed by atoms with Crippen molar-refractivity contribution in [2.45, 2.75) is 45.4 Å². The first-order chi connectivity index (χ1) is 13.1. The monoisotopic (exact) mass is 414 g/mol. The highest BCUT2D eigenvalue weighted by atomic mass is 35.5. The van der Waals surface area contributed by atoms with Crippen LogP contribution in [-0.2, 0) is 4.74 Å². The second-order valence-corrected chi connectivity index (χ2v) is 7.85. The fraction of sp³-hybridized carbons (Fsp3) is 0.500. The number of carbonyl (C=O) groups excluding carboxylic acids is 1. The third kappa shape index (κ3) is 4.89. The number of rotatable bonds is 4. The topological polar surface area (TPSA) is 69.5 Å². The Labute approximate surface area is 166 Å². The van der Waals surface area contributed by atoms with E-state index >= 15 is 0 Å². The molecule has 0 N–H and O–H groups in total. The lowest BCUT2D eigenvalue weighted by molar-refractivity contribution is -0.0494. The third-order valence-electron chi connectivity index (χ3n) is 4.15. The lowest BCUT2D eigenvalue weighted by Gasteiger charge is -2.24. The molecule has 0 saturated carbocycles. The first kappa shape index (κ1) is 20.3. The zero-order chi connectivity index (χ0) is 20.5. The maximum absolute atomic E-state index is 12.7. The number of nitrogens with zero attached hydrogens (tertiary/aromatic N) is 4. The first-order valence-electron chi connectivity index (χ1n) is 8.75. The number of hydrogen-bond donors (Lipinski definition) is 0. The van der Waals surface area contributed by atoms with Crippen LogP contribution >= 0.6 is 11.6 Å². The Balaban J connectivity index is 1.74. The Morgan fingerprint density at radius 2 is 2.11 bits per heavy atom. The number of halogens is 3. The van der Waals surface area contributed by atoms with Crippen LogP contribution in [0.4, 0.5) is 13.6 Å². The van der Waals surface area contributed by atoms with E-state index < -0.39 is 12.2 Å². The van der Waals surface area contributed by atoms with Crippen LogP contribution in [0.5, 0.6) is 5.75 Å². The van der Waals surface area contributed by atoms with Gasteiger partial charge in [-0.1, -0.05) is 11.6 Å². The number of pyridine rings is 1. The summed E-state index contributed by atoms with van der Waals surface area (Å²) in [7, 11) is 0. The molecule has 1 atom stereocenters. The van der Waals surface area contributed by atoms with Crippen molar-refractivity contribution in [2.75, 3.05) is 13.1 Å². The summed E-state index contributed by atoms with van der Waals surface area (Å²) in [5, 5.41) is 4.37. The smallest absolute Gasteiger partial charge is 0.410 e. The number of amides is 1. The van der Waals surface area contributed by atoms with Gasteiger partial charge in [0, 0.05) is 42.7 Å². The Morgan fingerprint density at radius 3 is 2.79 bits per heavy atom. The minimum atomic E-state index is -2.98. The lowest BCUT2D eigenvalue weighted by atomic mass is 10.1. The molecule has 1 fully saturated rings. The second-order valence-electron chi connectivity index (χ2n) is 7.46. The Bertz CT molecular complexity index is 854. The van der Waals surface area contributed by atoms with E-state index in [2.05, 4.69) is 14.8 Å². The van der Waals surface area contributed by atoms with Crippen molar-refractivity contribution < 1.29 is 23.0 Å². The van der Waals surface area contributed by atoms with E-state index in [0.29, 0.717) is 30.6 Å². The van der Waals surface area contributed by atoms with Crippen molar-refractivity contribution in [3.05, 3.63) is 29.8 Å². The number of aromatic nitrogens is 3. The Kier molecular flexibility index (Phi) is 5.74. The molecule has 28 heavy (non-hydrogen) atoms. The zero-order valence-electron chi connectivity index (χ0n) is 15.7. The number of hydrogen-bond acceptors (Lipinski definition) is 5. The molecule has 0 spiro atoms. The molecule has 1 saturated heterocycles. The van der Waals surface area contributed by atoms with E-state index in [1.807, 2.05) is 20.8 Å². The van der Waals surface area contributed by atoms with Crippen molar-refractivity contribution in [1.82, 2.24) is 19.7 Å². The van der Waals surface area contributed by atoms with Crippen molar-refractivity contribution in [1.29, 1.82) is 0 Å². The van der Waals surface area contributed by atoms with Crippen molar-refractivity contribution >= 4 is 17.7 Å². The maximum atomic E-state index is 12.7. The van der Waals surface area contributed by atoms with Gasteiger partial charge in [-0.3, -0.25) is 4.68 Å². The van der Waals surface area contributed by atoms with E-state index in [9.17, 15) is 13.6 Å². The van der Waals surface area contributed by atoms with Crippen LogP contribution in [-0.4, -0.2) is 51.1 Å². The molecule has 1 unspecified atom stereocenters. The highest BCUT2D eigenvalue weighted by Crippen LogP contribution is 2.33. The number of ether oxygens (including phenoxy) is 2. The Hall–Kier alpha value is -2.42. The van der Waals surface area contributed by atoms with Crippen LogP contribution in [0.15, 0.2) is 24.7 Å². The van der Waals surface area contributed by atoms with Gasteiger partial charge in [0.15, 0.2) is 0 Å². The lowest BCUT2D eigenvalue weighted by Crippen LogP contribution is -2.35. The third-order valence-corrected chi connectivity index (χ3v) is 4.36. The fourth-order valence-corrected chi connectivity index (χ4v) is 3.10. The average molecular weight is 415 g/mol. The molecule has 7 nitrogen and oxygen atoms in total. The van der Waals surface area contributed by atoms with Gasteiger partial charge < -0.3 is 14.4 Å². The molecule has 0 aliphatic carbocycles. The highest BCUT2D eigenvalue weighted by Gasteiger charge is 2.31. The summed E-state index contributed by atoms with van der Waals surface area (Å²) >= 11 is 5.78. The van der Waals surface area contributed by atoms with Crippen LogP contribution in [0.25, 0.3) is 11.1 Å². The molecule has 2 aromatic heterocycles. The van der Waals surface area contributed by atoms with Gasteiger partial charge in [-0.25, -0.2) is 9.78 Å². The van der Waals surface area contributed by atoms with Crippen LogP contribution in [0.3, 0.4) is 0 Å². The average Bonchev–Trinajstić information content (AvgIpc) is 3.22. The van der Waals surface area contributed by atoms with Gasteiger partial charge in [-0.15, -0.1) is 0 Å². The minimum absolute atomic E-state index is 0.0407. The van der Waals surface area contributed by atoms with Gasteiger partial charge >= 0.3 is 12.7 Å². The summed E-state index contributed by atoms with van der Waals surface area (Å²) in [6.45, 7) is 3.48. The molecule has 1 aliphatic rings. The molecule has 2 aromatic rings. The summed E-state index contributed by atoms with van der Waals surface area (Å²) < 4.78 is 37.0. The van der Waals surface area contributed by atoms with Crippen molar-refractivity contribution in [3.8, 4) is 16.9 Å². The quantitative estimate of drug-likeness (QED) is 0.694. The molecule has 0 bridgehead atoms. The number of likely N-dealkylation sites (tertiary alicyclic amines) is 1. The molecule has 1 amide bonds. The summed E-state index contributed by atoms with van der Waals surface area (Å²) in [6.07, 6.45) is 4.96. The number of alkyl halides is 2. The minimum Gasteiger partial charge on any atom is -0.444 e. The first-order valence-corrected chi connectivity index (χ1v) is 9.13. The molecule has 152 valence electrons. The van der Waals surface area contributed by atoms with Gasteiger partial charge in [0.25, 0.3) is 0 Å². The van der Waals surface area contributed by atoms with Gasteiger partial charge in [0.1, 0.15) is 16.5 Å². The van der Waals surface area contributed by atoms with E-state index in [1.165, 1.54) is 12.3 Å². The SMILES string of the molecule is CC(C)(C)OC(=O)N1CCC(n2cc(-c3cnc(Cl)cc3OC(F)F)cn2)C1. The predicted octanol–water partition coefficient (Wildman–Crippen LogP) is 4.38. The fourth-order valence-electron chi connectivity index (χ4n) is 2.95. The van der Waals surface area contributed by atoms with E-state index in [-0.39, 0.29) is 23.0 Å². The van der Waals surface area contributed by atoms with Gasteiger partial charge in [0.05, 0.1) is 12.2 Å². The summed E-state index contributed by atoms with van der Waals surface area (Å²) in [5.74, 6) is -0.0728. The molecule has 3 heterocycles. The normalized spacial score (nSPS) is 17.2. The Morgan fingerprint density at radius 1 is 1.36 bits per heavy atom. The molecule has 10 heteroatoms. The highest BCUT2D eigenvalue weighted by molar-refractivity contribution is 6.29. The molecular formula is C18H21ClF2N4O3.